The predicted octanol–water partition coefficient (Wildman–Crippen LogP) is 2.46. The number of aliphatic hydroxyl groups excluding tert-OH is 1. The Labute approximate surface area is 151 Å². The monoisotopic (exact) mass is 351 g/mol. The first-order chi connectivity index (χ1) is 12.3. The minimum atomic E-state index is -0.518. The van der Waals surface area contributed by atoms with Crippen molar-refractivity contribution < 1.29 is 10.2 Å². The number of hydrogen-bond acceptors (Lipinski definition) is 5. The minimum Gasteiger partial charge on any atom is -0.503 e. The van der Waals surface area contributed by atoms with Crippen LogP contribution >= 0.6 is 0 Å². The molecule has 0 amide bonds. The van der Waals surface area contributed by atoms with Crippen molar-refractivity contribution >= 4 is 5.82 Å². The van der Waals surface area contributed by atoms with E-state index in [1.54, 1.807) is 4.57 Å². The van der Waals surface area contributed by atoms with E-state index in [1.165, 1.54) is 12.3 Å². The molecular formula is C20H21N3O3. The Morgan fingerprint density at radius 2 is 1.88 bits per heavy atom. The maximum atomic E-state index is 11.5. The maximum Gasteiger partial charge on any atom is 0.225 e. The Morgan fingerprint density at radius 3 is 2.62 bits per heavy atom. The van der Waals surface area contributed by atoms with Crippen LogP contribution in [0.4, 0.5) is 5.82 Å². The van der Waals surface area contributed by atoms with Crippen LogP contribution in [0.1, 0.15) is 19.5 Å². The molecule has 0 aliphatic rings. The zero-order valence-corrected chi connectivity index (χ0v) is 14.7. The van der Waals surface area contributed by atoms with Gasteiger partial charge in [-0.05, 0) is 24.3 Å². The third-order valence-electron chi connectivity index (χ3n) is 4.32. The van der Waals surface area contributed by atoms with Gasteiger partial charge in [0.25, 0.3) is 0 Å². The summed E-state index contributed by atoms with van der Waals surface area (Å²) < 4.78 is 1.54. The normalized spacial score (nSPS) is 11.5. The molecule has 0 saturated carbocycles. The van der Waals surface area contributed by atoms with Crippen molar-refractivity contribution in [3.8, 4) is 22.7 Å². The van der Waals surface area contributed by atoms with E-state index in [1.807, 2.05) is 56.3 Å². The summed E-state index contributed by atoms with van der Waals surface area (Å²) >= 11 is 0. The van der Waals surface area contributed by atoms with Crippen LogP contribution in [-0.2, 0) is 5.41 Å². The van der Waals surface area contributed by atoms with Gasteiger partial charge in [-0.1, -0.05) is 32.0 Å². The molecule has 6 heteroatoms. The topological polar surface area (TPSA) is 101 Å². The van der Waals surface area contributed by atoms with Gasteiger partial charge in [-0.25, -0.2) is 0 Å². The fourth-order valence-electron chi connectivity index (χ4n) is 2.63. The molecule has 4 N–H and O–H groups in total. The number of aromatic hydroxyl groups is 1. The maximum absolute atomic E-state index is 11.5. The van der Waals surface area contributed by atoms with Gasteiger partial charge in [0.2, 0.25) is 5.43 Å². The summed E-state index contributed by atoms with van der Waals surface area (Å²) in [7, 11) is 0. The molecule has 2 heterocycles. The molecule has 1 aromatic carbocycles. The summed E-state index contributed by atoms with van der Waals surface area (Å²) in [6, 6.07) is 14.3. The summed E-state index contributed by atoms with van der Waals surface area (Å²) in [6.45, 7) is 3.86. The summed E-state index contributed by atoms with van der Waals surface area (Å²) in [5.41, 5.74) is 8.07. The third kappa shape index (κ3) is 3.32. The largest absolute Gasteiger partial charge is 0.503 e. The number of nitrogen functional groups attached to an aromatic ring is 1. The first kappa shape index (κ1) is 17.7. The van der Waals surface area contributed by atoms with Crippen molar-refractivity contribution in [3.63, 3.8) is 0 Å². The average molecular weight is 351 g/mol. The van der Waals surface area contributed by atoms with Crippen molar-refractivity contribution in [1.82, 2.24) is 9.55 Å². The van der Waals surface area contributed by atoms with Gasteiger partial charge in [0.1, 0.15) is 5.82 Å². The third-order valence-corrected chi connectivity index (χ3v) is 4.32. The molecular weight excluding hydrogens is 330 g/mol. The van der Waals surface area contributed by atoms with E-state index < -0.39 is 10.8 Å². The second kappa shape index (κ2) is 6.65. The van der Waals surface area contributed by atoms with Crippen LogP contribution in [0.25, 0.3) is 16.9 Å². The van der Waals surface area contributed by atoms with Gasteiger partial charge in [-0.3, -0.25) is 14.3 Å². The molecule has 3 rings (SSSR count). The van der Waals surface area contributed by atoms with E-state index in [0.29, 0.717) is 5.69 Å². The van der Waals surface area contributed by atoms with Crippen LogP contribution < -0.4 is 11.2 Å². The Balaban J connectivity index is 2.08. The molecule has 0 bridgehead atoms. The van der Waals surface area contributed by atoms with Crippen LogP contribution in [0.3, 0.4) is 0 Å². The van der Waals surface area contributed by atoms with Crippen LogP contribution in [-0.4, -0.2) is 26.4 Å². The van der Waals surface area contributed by atoms with Crippen molar-refractivity contribution in [3.05, 3.63) is 70.6 Å². The number of rotatable bonds is 4. The average Bonchev–Trinajstić information content (AvgIpc) is 2.65. The van der Waals surface area contributed by atoms with Crippen molar-refractivity contribution in [2.75, 3.05) is 12.3 Å². The minimum absolute atomic E-state index is 0.00327. The molecule has 0 unspecified atom stereocenters. The fourth-order valence-corrected chi connectivity index (χ4v) is 2.63. The smallest absolute Gasteiger partial charge is 0.225 e. The lowest BCUT2D eigenvalue weighted by molar-refractivity contribution is 0.215. The Kier molecular flexibility index (Phi) is 4.52. The van der Waals surface area contributed by atoms with Crippen LogP contribution in [0.2, 0.25) is 0 Å². The van der Waals surface area contributed by atoms with E-state index >= 15 is 0 Å². The van der Waals surface area contributed by atoms with Gasteiger partial charge in [-0.2, -0.15) is 0 Å². The molecule has 0 fully saturated rings. The zero-order valence-electron chi connectivity index (χ0n) is 14.7. The second-order valence-electron chi connectivity index (χ2n) is 6.82. The molecule has 134 valence electrons. The van der Waals surface area contributed by atoms with Crippen molar-refractivity contribution in [1.29, 1.82) is 0 Å². The molecule has 0 aliphatic heterocycles. The Hall–Kier alpha value is -3.12. The lowest BCUT2D eigenvalue weighted by Gasteiger charge is -2.21. The molecule has 0 aliphatic carbocycles. The zero-order chi connectivity index (χ0) is 18.9. The number of pyridine rings is 2. The van der Waals surface area contributed by atoms with Gasteiger partial charge in [0, 0.05) is 28.4 Å². The molecule has 0 spiro atoms. The Bertz CT molecular complexity index is 1010. The first-order valence-electron chi connectivity index (χ1n) is 8.22. The predicted molar refractivity (Wildman–Crippen MR) is 101 cm³/mol. The highest BCUT2D eigenvalue weighted by atomic mass is 16.3. The number of nitrogens with two attached hydrogens (primary N) is 1. The summed E-state index contributed by atoms with van der Waals surface area (Å²) in [5.74, 6) is -0.137. The van der Waals surface area contributed by atoms with E-state index in [9.17, 15) is 15.0 Å². The van der Waals surface area contributed by atoms with E-state index in [0.717, 1.165) is 17.0 Å². The number of aliphatic hydroxyl groups is 1. The number of benzene rings is 1. The van der Waals surface area contributed by atoms with Gasteiger partial charge in [-0.15, -0.1) is 0 Å². The summed E-state index contributed by atoms with van der Waals surface area (Å²) in [4.78, 5) is 16.2. The highest BCUT2D eigenvalue weighted by Crippen LogP contribution is 2.26. The lowest BCUT2D eigenvalue weighted by atomic mass is 9.89. The molecule has 0 radical (unpaired) electrons. The summed E-state index contributed by atoms with van der Waals surface area (Å²) in [5, 5.41) is 19.3. The second-order valence-corrected chi connectivity index (χ2v) is 6.82. The molecule has 0 saturated heterocycles. The van der Waals surface area contributed by atoms with Crippen LogP contribution in [0.15, 0.2) is 59.5 Å². The van der Waals surface area contributed by atoms with Gasteiger partial charge in [0.15, 0.2) is 5.75 Å². The molecule has 6 nitrogen and oxygen atoms in total. The molecule has 0 atom stereocenters. The number of hydrogen-bond donors (Lipinski definition) is 3. The summed E-state index contributed by atoms with van der Waals surface area (Å²) in [6.07, 6.45) is 1.30. The van der Waals surface area contributed by atoms with Crippen LogP contribution in [0, 0.1) is 0 Å². The van der Waals surface area contributed by atoms with E-state index in [2.05, 4.69) is 4.98 Å². The molecule has 26 heavy (non-hydrogen) atoms. The van der Waals surface area contributed by atoms with E-state index in [-0.39, 0.29) is 18.2 Å². The van der Waals surface area contributed by atoms with Gasteiger partial charge < -0.3 is 15.9 Å². The number of anilines is 1. The molecule has 3 aromatic rings. The lowest BCUT2D eigenvalue weighted by Crippen LogP contribution is -2.23. The van der Waals surface area contributed by atoms with Crippen LogP contribution in [0.5, 0.6) is 5.75 Å². The van der Waals surface area contributed by atoms with Crippen molar-refractivity contribution in [2.45, 2.75) is 19.3 Å². The highest BCUT2D eigenvalue weighted by Gasteiger charge is 2.21. The standard InChI is InChI=1S/C20H21N3O3/c1-20(2,12-24)18-8-4-7-15(22-18)13-5-3-6-14(9-13)23-11-17(26)16(25)10-19(23)21/h3-11,24,26H,12,21H2,1-2H3. The molecule has 2 aromatic heterocycles. The first-order valence-corrected chi connectivity index (χ1v) is 8.22. The Morgan fingerprint density at radius 1 is 1.15 bits per heavy atom. The van der Waals surface area contributed by atoms with Gasteiger partial charge >= 0.3 is 0 Å². The SMILES string of the molecule is CC(C)(CO)c1cccc(-c2cccc(-n3cc(O)c(=O)cc3N)c2)n1. The quantitative estimate of drug-likeness (QED) is 0.670. The van der Waals surface area contributed by atoms with Gasteiger partial charge in [0.05, 0.1) is 18.5 Å². The van der Waals surface area contributed by atoms with E-state index in [4.69, 9.17) is 5.73 Å². The highest BCUT2D eigenvalue weighted by molar-refractivity contribution is 5.63. The fraction of sp³-hybridized carbons (Fsp3) is 0.200. The number of aromatic nitrogens is 2. The number of nitrogens with zero attached hydrogens (tertiary/aromatic N) is 2. The van der Waals surface area contributed by atoms with Crippen molar-refractivity contribution in [2.24, 2.45) is 0 Å².